The fourth-order valence-corrected chi connectivity index (χ4v) is 4.11. The Bertz CT molecular complexity index is 1140. The van der Waals surface area contributed by atoms with E-state index >= 15 is 0 Å². The molecule has 0 aliphatic carbocycles. The number of rotatable bonds is 6. The number of carbonyl (C=O) groups is 1. The molecule has 2 heterocycles. The van der Waals surface area contributed by atoms with Crippen LogP contribution in [-0.2, 0) is 4.74 Å². The number of nitrogens with zero attached hydrogens (tertiary/aromatic N) is 1. The first-order valence-electron chi connectivity index (χ1n) is 11.2. The van der Waals surface area contributed by atoms with Gasteiger partial charge in [-0.3, -0.25) is 14.5 Å². The van der Waals surface area contributed by atoms with Crippen LogP contribution in [0.4, 0.5) is 0 Å². The van der Waals surface area contributed by atoms with Crippen LogP contribution in [0.5, 0.6) is 0 Å². The number of morpholine rings is 1. The van der Waals surface area contributed by atoms with Crippen molar-refractivity contribution in [3.05, 3.63) is 81.2 Å². The highest BCUT2D eigenvalue weighted by Crippen LogP contribution is 2.24. The van der Waals surface area contributed by atoms with Crippen molar-refractivity contribution in [3.63, 3.8) is 0 Å². The summed E-state index contributed by atoms with van der Waals surface area (Å²) in [5, 5.41) is 3.47. The highest BCUT2D eigenvalue weighted by atomic mass is 16.5. The fourth-order valence-electron chi connectivity index (χ4n) is 4.11. The molecule has 0 radical (unpaired) electrons. The number of nitrogens with one attached hydrogen (secondary N) is 1. The van der Waals surface area contributed by atoms with Crippen LogP contribution < -0.4 is 10.7 Å². The lowest BCUT2D eigenvalue weighted by Gasteiger charge is -2.35. The monoisotopic (exact) mass is 434 g/mol. The van der Waals surface area contributed by atoms with Crippen molar-refractivity contribution in [2.45, 2.75) is 32.7 Å². The molecule has 1 amide bonds. The van der Waals surface area contributed by atoms with Crippen LogP contribution in [-0.4, -0.2) is 43.7 Å². The zero-order chi connectivity index (χ0) is 22.7. The molecule has 2 aromatic carbocycles. The van der Waals surface area contributed by atoms with Crippen LogP contribution in [0.2, 0.25) is 0 Å². The molecule has 6 heteroatoms. The van der Waals surface area contributed by atoms with Crippen LogP contribution >= 0.6 is 0 Å². The molecule has 168 valence electrons. The Morgan fingerprint density at radius 3 is 2.41 bits per heavy atom. The van der Waals surface area contributed by atoms with Crippen molar-refractivity contribution in [1.29, 1.82) is 0 Å². The molecule has 0 unspecified atom stereocenters. The number of carbonyl (C=O) groups excluding carboxylic acids is 1. The second-order valence-corrected chi connectivity index (χ2v) is 8.67. The second kappa shape index (κ2) is 9.67. The predicted octanol–water partition coefficient (Wildman–Crippen LogP) is 4.03. The molecular weight excluding hydrogens is 404 g/mol. The third kappa shape index (κ3) is 4.92. The summed E-state index contributed by atoms with van der Waals surface area (Å²) in [6.45, 7) is 9.63. The third-order valence-electron chi connectivity index (χ3n) is 6.04. The molecule has 1 fully saturated rings. The van der Waals surface area contributed by atoms with Gasteiger partial charge in [0, 0.05) is 25.7 Å². The molecule has 1 N–H and O–H groups in total. The van der Waals surface area contributed by atoms with Crippen molar-refractivity contribution < 1.29 is 13.9 Å². The summed E-state index contributed by atoms with van der Waals surface area (Å²) in [6, 6.07) is 15.2. The third-order valence-corrected chi connectivity index (χ3v) is 6.04. The summed E-state index contributed by atoms with van der Waals surface area (Å²) >= 11 is 0. The maximum Gasteiger partial charge on any atom is 0.287 e. The van der Waals surface area contributed by atoms with Gasteiger partial charge in [-0.15, -0.1) is 0 Å². The Kier molecular flexibility index (Phi) is 6.72. The van der Waals surface area contributed by atoms with Crippen LogP contribution in [0.15, 0.2) is 57.7 Å². The van der Waals surface area contributed by atoms with E-state index in [-0.39, 0.29) is 23.1 Å². The summed E-state index contributed by atoms with van der Waals surface area (Å²) in [7, 11) is 0. The zero-order valence-electron chi connectivity index (χ0n) is 18.9. The zero-order valence-corrected chi connectivity index (χ0v) is 18.9. The molecule has 1 aliphatic heterocycles. The van der Waals surface area contributed by atoms with E-state index in [0.29, 0.717) is 36.6 Å². The molecule has 0 spiro atoms. The number of amides is 1. The van der Waals surface area contributed by atoms with E-state index in [9.17, 15) is 9.59 Å². The molecular formula is C26H30N2O4. The molecule has 1 atom stereocenters. The highest BCUT2D eigenvalue weighted by molar-refractivity contribution is 5.93. The molecule has 0 bridgehead atoms. The Balaban J connectivity index is 1.54. The molecule has 1 aliphatic rings. The molecule has 1 saturated heterocycles. The lowest BCUT2D eigenvalue weighted by Crippen LogP contribution is -2.43. The van der Waals surface area contributed by atoms with Gasteiger partial charge in [-0.05, 0) is 36.1 Å². The van der Waals surface area contributed by atoms with Crippen LogP contribution in [0, 0.1) is 6.92 Å². The first-order valence-corrected chi connectivity index (χ1v) is 11.2. The summed E-state index contributed by atoms with van der Waals surface area (Å²) in [6.07, 6.45) is 0. The van der Waals surface area contributed by atoms with Crippen molar-refractivity contribution in [2.24, 2.45) is 0 Å². The van der Waals surface area contributed by atoms with Crippen LogP contribution in [0.1, 0.15) is 53.1 Å². The first-order chi connectivity index (χ1) is 15.4. The van der Waals surface area contributed by atoms with E-state index < -0.39 is 0 Å². The van der Waals surface area contributed by atoms with Crippen molar-refractivity contribution in [2.75, 3.05) is 32.8 Å². The van der Waals surface area contributed by atoms with E-state index in [4.69, 9.17) is 9.15 Å². The van der Waals surface area contributed by atoms with Gasteiger partial charge in [-0.1, -0.05) is 49.7 Å². The van der Waals surface area contributed by atoms with E-state index in [1.807, 2.05) is 13.0 Å². The van der Waals surface area contributed by atoms with Gasteiger partial charge in [0.25, 0.3) is 5.91 Å². The maximum atomic E-state index is 12.9. The second-order valence-electron chi connectivity index (χ2n) is 8.67. The van der Waals surface area contributed by atoms with E-state index in [1.165, 1.54) is 11.6 Å². The number of hydrogen-bond acceptors (Lipinski definition) is 5. The Morgan fingerprint density at radius 2 is 1.72 bits per heavy atom. The number of benzene rings is 2. The van der Waals surface area contributed by atoms with E-state index in [2.05, 4.69) is 48.3 Å². The van der Waals surface area contributed by atoms with Gasteiger partial charge >= 0.3 is 0 Å². The smallest absolute Gasteiger partial charge is 0.287 e. The van der Waals surface area contributed by atoms with Gasteiger partial charge in [0.05, 0.1) is 24.6 Å². The molecule has 4 rings (SSSR count). The molecule has 0 saturated carbocycles. The average Bonchev–Trinajstić information content (AvgIpc) is 2.80. The first kappa shape index (κ1) is 22.2. The summed E-state index contributed by atoms with van der Waals surface area (Å²) in [4.78, 5) is 27.7. The maximum absolute atomic E-state index is 12.9. The normalized spacial score (nSPS) is 15.8. The average molecular weight is 435 g/mol. The number of aryl methyl sites for hydroxylation is 1. The molecule has 1 aromatic heterocycles. The lowest BCUT2D eigenvalue weighted by molar-refractivity contribution is 0.0161. The standard InChI is InChI=1S/C26H30N2O4/c1-17(2)19-5-7-20(8-6-19)22(28-10-12-31-13-11-28)16-27-26(30)25-15-23(29)21-14-18(3)4-9-24(21)32-25/h4-9,14-15,17,22H,10-13,16H2,1-3H3,(H,27,30)/t22-/m0/s1. The summed E-state index contributed by atoms with van der Waals surface area (Å²) < 4.78 is 11.3. The Labute approximate surface area is 188 Å². The van der Waals surface area contributed by atoms with Gasteiger partial charge in [0.1, 0.15) is 5.58 Å². The largest absolute Gasteiger partial charge is 0.451 e. The minimum Gasteiger partial charge on any atom is -0.451 e. The van der Waals surface area contributed by atoms with E-state index in [0.717, 1.165) is 24.2 Å². The van der Waals surface area contributed by atoms with Crippen LogP contribution in [0.3, 0.4) is 0 Å². The minimum absolute atomic E-state index is 0.0129. The quantitative estimate of drug-likeness (QED) is 0.634. The Morgan fingerprint density at radius 1 is 1.03 bits per heavy atom. The van der Waals surface area contributed by atoms with Crippen molar-refractivity contribution in [3.8, 4) is 0 Å². The predicted molar refractivity (Wildman–Crippen MR) is 125 cm³/mol. The van der Waals surface area contributed by atoms with Gasteiger partial charge in [0.2, 0.25) is 0 Å². The molecule has 3 aromatic rings. The number of hydrogen-bond donors (Lipinski definition) is 1. The summed E-state index contributed by atoms with van der Waals surface area (Å²) in [5.74, 6) is 0.106. The van der Waals surface area contributed by atoms with Crippen molar-refractivity contribution in [1.82, 2.24) is 10.2 Å². The Hall–Kier alpha value is -2.96. The van der Waals surface area contributed by atoms with E-state index in [1.54, 1.807) is 12.1 Å². The number of fused-ring (bicyclic) bond motifs is 1. The van der Waals surface area contributed by atoms with Crippen molar-refractivity contribution >= 4 is 16.9 Å². The van der Waals surface area contributed by atoms with Gasteiger partial charge in [0.15, 0.2) is 11.2 Å². The van der Waals surface area contributed by atoms with Gasteiger partial charge in [-0.25, -0.2) is 0 Å². The SMILES string of the molecule is Cc1ccc2oc(C(=O)NC[C@@H](c3ccc(C(C)C)cc3)N3CCOCC3)cc(=O)c2c1. The number of ether oxygens (including phenoxy) is 1. The summed E-state index contributed by atoms with van der Waals surface area (Å²) in [5.41, 5.74) is 3.61. The lowest BCUT2D eigenvalue weighted by atomic mass is 9.98. The van der Waals surface area contributed by atoms with Gasteiger partial charge < -0.3 is 14.5 Å². The van der Waals surface area contributed by atoms with Crippen LogP contribution in [0.25, 0.3) is 11.0 Å². The van der Waals surface area contributed by atoms with Gasteiger partial charge in [-0.2, -0.15) is 0 Å². The molecule has 6 nitrogen and oxygen atoms in total. The topological polar surface area (TPSA) is 71.8 Å². The highest BCUT2D eigenvalue weighted by Gasteiger charge is 2.24. The molecule has 32 heavy (non-hydrogen) atoms. The fraction of sp³-hybridized carbons (Fsp3) is 0.385. The minimum atomic E-state index is -0.387.